The molecular formula is C31H28N4O5. The van der Waals surface area contributed by atoms with E-state index in [-0.39, 0.29) is 33.9 Å². The zero-order valence-corrected chi connectivity index (χ0v) is 22.5. The SMILES string of the molecule is COC(=O)C1=C(C(=O)OC)N(c2ccccc2C(=O)Nc2cc(C)ccc2C)C(N)=C(C#N)C1c1ccccc1. The minimum atomic E-state index is -1.01. The highest BCUT2D eigenvalue weighted by molar-refractivity contribution is 6.12. The number of para-hydroxylation sites is 1. The van der Waals surface area contributed by atoms with E-state index < -0.39 is 23.8 Å². The Morgan fingerprint density at radius 1 is 0.925 bits per heavy atom. The molecule has 1 heterocycles. The summed E-state index contributed by atoms with van der Waals surface area (Å²) in [5, 5.41) is 13.2. The summed E-state index contributed by atoms with van der Waals surface area (Å²) in [7, 11) is 2.34. The van der Waals surface area contributed by atoms with Gasteiger partial charge in [-0.05, 0) is 48.7 Å². The van der Waals surface area contributed by atoms with E-state index in [0.717, 1.165) is 11.1 Å². The Morgan fingerprint density at radius 2 is 1.57 bits per heavy atom. The molecule has 1 aliphatic rings. The van der Waals surface area contributed by atoms with Crippen LogP contribution in [0.25, 0.3) is 0 Å². The second-order valence-electron chi connectivity index (χ2n) is 9.12. The molecule has 1 unspecified atom stereocenters. The number of rotatable bonds is 6. The number of nitrogens with one attached hydrogen (secondary N) is 1. The zero-order chi connectivity index (χ0) is 29.0. The van der Waals surface area contributed by atoms with Crippen molar-refractivity contribution in [3.8, 4) is 6.07 Å². The van der Waals surface area contributed by atoms with Crippen LogP contribution in [-0.2, 0) is 19.1 Å². The fourth-order valence-corrected chi connectivity index (χ4v) is 4.68. The zero-order valence-electron chi connectivity index (χ0n) is 22.5. The molecule has 3 N–H and O–H groups in total. The number of benzene rings is 3. The van der Waals surface area contributed by atoms with E-state index in [0.29, 0.717) is 11.3 Å². The van der Waals surface area contributed by atoms with Gasteiger partial charge in [-0.1, -0.05) is 54.6 Å². The molecule has 202 valence electrons. The maximum absolute atomic E-state index is 13.6. The van der Waals surface area contributed by atoms with E-state index in [4.69, 9.17) is 15.2 Å². The number of carbonyl (C=O) groups excluding carboxylic acids is 3. The number of aryl methyl sites for hydroxylation is 2. The van der Waals surface area contributed by atoms with Gasteiger partial charge in [0.15, 0.2) is 0 Å². The standard InChI is InChI=1S/C31H28N4O5/c1-18-14-15-19(2)23(16-18)34-29(36)21-12-8-9-13-24(21)35-27(31(38)40-4)26(30(37)39-3)25(22(17-32)28(35)33)20-10-6-5-7-11-20/h5-16,25H,33H2,1-4H3,(H,34,36). The lowest BCUT2D eigenvalue weighted by atomic mass is 9.80. The molecule has 3 aromatic carbocycles. The van der Waals surface area contributed by atoms with Crippen molar-refractivity contribution in [1.82, 2.24) is 0 Å². The molecule has 4 rings (SSSR count). The Balaban J connectivity index is 1.98. The molecule has 1 atom stereocenters. The summed E-state index contributed by atoms with van der Waals surface area (Å²) in [6.07, 6.45) is 0. The van der Waals surface area contributed by atoms with Crippen molar-refractivity contribution in [3.63, 3.8) is 0 Å². The monoisotopic (exact) mass is 536 g/mol. The number of nitrogens with zero attached hydrogens (tertiary/aromatic N) is 2. The summed E-state index contributed by atoms with van der Waals surface area (Å²) in [5.74, 6) is -3.37. The van der Waals surface area contributed by atoms with E-state index >= 15 is 0 Å². The smallest absolute Gasteiger partial charge is 0.355 e. The van der Waals surface area contributed by atoms with Crippen LogP contribution in [0.4, 0.5) is 11.4 Å². The molecule has 3 aromatic rings. The molecule has 0 saturated heterocycles. The second-order valence-corrected chi connectivity index (χ2v) is 9.12. The van der Waals surface area contributed by atoms with E-state index in [1.807, 2.05) is 32.0 Å². The van der Waals surface area contributed by atoms with Gasteiger partial charge in [-0.25, -0.2) is 9.59 Å². The number of amides is 1. The summed E-state index contributed by atoms with van der Waals surface area (Å²) in [5.41, 5.74) is 9.50. The van der Waals surface area contributed by atoms with Crippen molar-refractivity contribution in [2.24, 2.45) is 5.73 Å². The molecule has 0 aliphatic carbocycles. The van der Waals surface area contributed by atoms with Gasteiger partial charge in [0.25, 0.3) is 5.91 Å². The molecule has 9 nitrogen and oxygen atoms in total. The van der Waals surface area contributed by atoms with Crippen molar-refractivity contribution < 1.29 is 23.9 Å². The molecule has 0 fully saturated rings. The van der Waals surface area contributed by atoms with E-state index in [9.17, 15) is 19.6 Å². The molecule has 0 radical (unpaired) electrons. The number of hydrogen-bond acceptors (Lipinski definition) is 8. The quantitative estimate of drug-likeness (QED) is 0.441. The summed E-state index contributed by atoms with van der Waals surface area (Å²) in [6, 6.07) is 22.9. The molecule has 40 heavy (non-hydrogen) atoms. The Labute approximate surface area is 232 Å². The first-order valence-electron chi connectivity index (χ1n) is 12.4. The van der Waals surface area contributed by atoms with E-state index in [2.05, 4.69) is 11.4 Å². The molecule has 1 amide bonds. The van der Waals surface area contributed by atoms with Crippen LogP contribution in [0.1, 0.15) is 33.0 Å². The molecule has 0 bridgehead atoms. The maximum Gasteiger partial charge on any atom is 0.355 e. The first kappa shape index (κ1) is 27.7. The van der Waals surface area contributed by atoms with Gasteiger partial charge in [-0.3, -0.25) is 9.69 Å². The highest BCUT2D eigenvalue weighted by Crippen LogP contribution is 2.44. The van der Waals surface area contributed by atoms with E-state index in [1.165, 1.54) is 19.1 Å². The number of allylic oxidation sites excluding steroid dienone is 1. The van der Waals surface area contributed by atoms with Gasteiger partial charge in [-0.2, -0.15) is 5.26 Å². The van der Waals surface area contributed by atoms with Crippen LogP contribution in [0.3, 0.4) is 0 Å². The van der Waals surface area contributed by atoms with E-state index in [1.54, 1.807) is 54.6 Å². The third-order valence-corrected chi connectivity index (χ3v) is 6.64. The number of nitriles is 1. The lowest BCUT2D eigenvalue weighted by molar-refractivity contribution is -0.139. The van der Waals surface area contributed by atoms with Crippen molar-refractivity contribution in [3.05, 3.63) is 118 Å². The third kappa shape index (κ3) is 5.02. The number of esters is 2. The lowest BCUT2D eigenvalue weighted by Crippen LogP contribution is -2.41. The number of carbonyl (C=O) groups is 3. The summed E-state index contributed by atoms with van der Waals surface area (Å²) in [4.78, 5) is 41.5. The largest absolute Gasteiger partial charge is 0.466 e. The lowest BCUT2D eigenvalue weighted by Gasteiger charge is -2.36. The number of ether oxygens (including phenoxy) is 2. The van der Waals surface area contributed by atoms with Gasteiger partial charge < -0.3 is 20.5 Å². The average molecular weight is 537 g/mol. The predicted molar refractivity (Wildman–Crippen MR) is 150 cm³/mol. The van der Waals surface area contributed by atoms with Crippen molar-refractivity contribution >= 4 is 29.2 Å². The first-order valence-corrected chi connectivity index (χ1v) is 12.4. The molecule has 0 aromatic heterocycles. The number of methoxy groups -OCH3 is 2. The van der Waals surface area contributed by atoms with Gasteiger partial charge in [-0.15, -0.1) is 0 Å². The summed E-state index contributed by atoms with van der Waals surface area (Å²) >= 11 is 0. The van der Waals surface area contributed by atoms with Crippen LogP contribution in [0, 0.1) is 25.2 Å². The van der Waals surface area contributed by atoms with Crippen LogP contribution < -0.4 is 16.0 Å². The number of hydrogen-bond donors (Lipinski definition) is 2. The van der Waals surface area contributed by atoms with Gasteiger partial charge >= 0.3 is 11.9 Å². The summed E-state index contributed by atoms with van der Waals surface area (Å²) < 4.78 is 10.2. The minimum Gasteiger partial charge on any atom is -0.466 e. The van der Waals surface area contributed by atoms with Crippen LogP contribution in [-0.4, -0.2) is 32.1 Å². The maximum atomic E-state index is 13.6. The highest BCUT2D eigenvalue weighted by atomic mass is 16.5. The van der Waals surface area contributed by atoms with Gasteiger partial charge in [0.1, 0.15) is 11.5 Å². The average Bonchev–Trinajstić information content (AvgIpc) is 2.97. The minimum absolute atomic E-state index is 0.00370. The van der Waals surface area contributed by atoms with Crippen molar-refractivity contribution in [1.29, 1.82) is 5.26 Å². The Bertz CT molecular complexity index is 1600. The second kappa shape index (κ2) is 11.6. The van der Waals surface area contributed by atoms with Crippen LogP contribution in [0.15, 0.2) is 95.5 Å². The van der Waals surface area contributed by atoms with Crippen molar-refractivity contribution in [2.45, 2.75) is 19.8 Å². The number of anilines is 2. The van der Waals surface area contributed by atoms with Crippen molar-refractivity contribution in [2.75, 3.05) is 24.4 Å². The third-order valence-electron chi connectivity index (χ3n) is 6.64. The van der Waals surface area contributed by atoms with Crippen LogP contribution >= 0.6 is 0 Å². The highest BCUT2D eigenvalue weighted by Gasteiger charge is 2.43. The summed E-state index contributed by atoms with van der Waals surface area (Å²) in [6.45, 7) is 3.78. The fourth-order valence-electron chi connectivity index (χ4n) is 4.68. The Hall–Kier alpha value is -5.36. The molecule has 1 aliphatic heterocycles. The van der Waals surface area contributed by atoms with Gasteiger partial charge in [0, 0.05) is 5.69 Å². The molecular weight excluding hydrogens is 508 g/mol. The topological polar surface area (TPSA) is 135 Å². The van der Waals surface area contributed by atoms with Crippen LogP contribution in [0.2, 0.25) is 0 Å². The first-order chi connectivity index (χ1) is 19.2. The van der Waals surface area contributed by atoms with Gasteiger partial charge in [0.2, 0.25) is 0 Å². The fraction of sp³-hybridized carbons (Fsp3) is 0.161. The molecule has 0 saturated carbocycles. The Morgan fingerprint density at radius 3 is 2.23 bits per heavy atom. The van der Waals surface area contributed by atoms with Gasteiger partial charge in [0.05, 0.1) is 48.6 Å². The molecule has 9 heteroatoms. The van der Waals surface area contributed by atoms with Crippen LogP contribution in [0.5, 0.6) is 0 Å². The number of nitrogens with two attached hydrogens (primary N) is 1. The Kier molecular flexibility index (Phi) is 8.01. The normalized spacial score (nSPS) is 14.9. The molecule has 0 spiro atoms. The predicted octanol–water partition coefficient (Wildman–Crippen LogP) is 4.45.